The van der Waals surface area contributed by atoms with Crippen molar-refractivity contribution in [3.8, 4) is 0 Å². The number of fused-ring (bicyclic) bond motifs is 1. The Labute approximate surface area is 96.0 Å². The molecule has 1 aliphatic carbocycles. The minimum Gasteiger partial charge on any atom is -0.207 e. The molecule has 0 aliphatic heterocycles. The van der Waals surface area contributed by atoms with Crippen LogP contribution in [0.4, 0.5) is 0 Å². The van der Waals surface area contributed by atoms with Gasteiger partial charge in [0, 0.05) is 21.7 Å². The van der Waals surface area contributed by atoms with Crippen molar-refractivity contribution in [2.24, 2.45) is 0 Å². The Morgan fingerprint density at radius 1 is 1.31 bits per heavy atom. The van der Waals surface area contributed by atoms with E-state index < -0.39 is 0 Å². The average Bonchev–Trinajstić information content (AvgIpc) is 2.44. The molecule has 0 nitrogen and oxygen atoms in total. The fraction of sp³-hybridized carbons (Fsp3) is 0.583. The van der Waals surface area contributed by atoms with Gasteiger partial charge in [-0.05, 0) is 0 Å². The zero-order valence-corrected chi connectivity index (χ0v) is 10.2. The van der Waals surface area contributed by atoms with Crippen LogP contribution in [0.15, 0.2) is 6.07 Å². The van der Waals surface area contributed by atoms with Crippen molar-refractivity contribution in [1.29, 1.82) is 0 Å². The van der Waals surface area contributed by atoms with Gasteiger partial charge in [-0.15, -0.1) is 0 Å². The van der Waals surface area contributed by atoms with Gasteiger partial charge < -0.3 is 0 Å². The van der Waals surface area contributed by atoms with Crippen LogP contribution in [0.1, 0.15) is 42.0 Å². The van der Waals surface area contributed by atoms with Crippen molar-refractivity contribution < 1.29 is 21.7 Å². The molecule has 0 bridgehead atoms. The van der Waals surface area contributed by atoms with E-state index in [1.54, 1.807) is 22.3 Å². The van der Waals surface area contributed by atoms with Gasteiger partial charge in [-0.25, -0.2) is 6.07 Å². The smallest absolute Gasteiger partial charge is 0 e. The molecule has 0 saturated heterocycles. The van der Waals surface area contributed by atoms with E-state index in [2.05, 4.69) is 19.9 Å². The maximum absolute atomic E-state index is 2.43. The summed E-state index contributed by atoms with van der Waals surface area (Å²) in [6.07, 6.45) is 6.68. The number of hydrogen-bond acceptors (Lipinski definition) is 0. The molecule has 0 aromatic heterocycles. The number of rotatable bonds is 1. The zero-order chi connectivity index (χ0) is 8.55. The second-order valence-corrected chi connectivity index (χ2v) is 3.86. The maximum atomic E-state index is 2.43. The van der Waals surface area contributed by atoms with Crippen LogP contribution in [0.3, 0.4) is 0 Å². The van der Waals surface area contributed by atoms with Crippen molar-refractivity contribution in [3.63, 3.8) is 0 Å². The first kappa shape index (κ1) is 11.1. The van der Waals surface area contributed by atoms with Gasteiger partial charge in [0.25, 0.3) is 0 Å². The van der Waals surface area contributed by atoms with Crippen molar-refractivity contribution in [3.05, 3.63) is 28.3 Å². The van der Waals surface area contributed by atoms with Gasteiger partial charge in [-0.2, -0.15) is 22.3 Å². The predicted octanol–water partition coefficient (Wildman–Crippen LogP) is 3.15. The first-order valence-electron chi connectivity index (χ1n) is 5.10. The Hall–Kier alpha value is 0.0643. The predicted molar refractivity (Wildman–Crippen MR) is 52.8 cm³/mol. The van der Waals surface area contributed by atoms with Crippen molar-refractivity contribution in [2.45, 2.75) is 46.0 Å². The largest absolute Gasteiger partial charge is 0.207 e. The summed E-state index contributed by atoms with van der Waals surface area (Å²) in [5.41, 5.74) is 6.50. The quantitative estimate of drug-likeness (QED) is 0.492. The van der Waals surface area contributed by atoms with Crippen molar-refractivity contribution >= 4 is 0 Å². The Balaban J connectivity index is 0.000000845. The monoisotopic (exact) mass is 209 g/mol. The molecular weight excluding hydrogens is 192 g/mol. The summed E-state index contributed by atoms with van der Waals surface area (Å²) in [4.78, 5) is 0. The standard InChI is InChI=1S/C12H17.Ti/c1-3-10-8-11-6-4-5-7-12(11)9(10)2;/h8H,3-7H2,1-2H3;/q-1;. The molecule has 0 spiro atoms. The Kier molecular flexibility index (Phi) is 3.88. The Morgan fingerprint density at radius 2 is 2.00 bits per heavy atom. The van der Waals surface area contributed by atoms with E-state index in [-0.39, 0.29) is 21.7 Å². The van der Waals surface area contributed by atoms with E-state index in [9.17, 15) is 0 Å². The van der Waals surface area contributed by atoms with Crippen LogP contribution in [0.2, 0.25) is 0 Å². The first-order valence-corrected chi connectivity index (χ1v) is 5.10. The number of hydrogen-bond donors (Lipinski definition) is 0. The molecule has 0 amide bonds. The minimum atomic E-state index is 0. The van der Waals surface area contributed by atoms with Crippen LogP contribution < -0.4 is 0 Å². The summed E-state index contributed by atoms with van der Waals surface area (Å²) in [7, 11) is 0. The molecule has 0 saturated carbocycles. The van der Waals surface area contributed by atoms with Crippen LogP contribution in [0.5, 0.6) is 0 Å². The second-order valence-electron chi connectivity index (χ2n) is 3.86. The van der Waals surface area contributed by atoms with E-state index in [1.807, 2.05) is 0 Å². The van der Waals surface area contributed by atoms with Crippen LogP contribution in [0.25, 0.3) is 0 Å². The molecule has 13 heavy (non-hydrogen) atoms. The summed E-state index contributed by atoms with van der Waals surface area (Å²) >= 11 is 0. The molecule has 1 aromatic carbocycles. The van der Waals surface area contributed by atoms with Gasteiger partial charge in [0.15, 0.2) is 0 Å². The summed E-state index contributed by atoms with van der Waals surface area (Å²) in [6.45, 7) is 4.55. The molecule has 0 N–H and O–H groups in total. The SMILES string of the molecule is CCc1cc2c([c-]1C)CCCC2.[Ti]. The third-order valence-electron chi connectivity index (χ3n) is 3.17. The summed E-state index contributed by atoms with van der Waals surface area (Å²) in [6, 6.07) is 2.43. The van der Waals surface area contributed by atoms with E-state index in [0.29, 0.717) is 0 Å². The summed E-state index contributed by atoms with van der Waals surface area (Å²) < 4.78 is 0. The Morgan fingerprint density at radius 3 is 2.62 bits per heavy atom. The van der Waals surface area contributed by atoms with E-state index in [0.717, 1.165) is 0 Å². The van der Waals surface area contributed by atoms with Crippen LogP contribution in [0, 0.1) is 6.92 Å². The second kappa shape index (κ2) is 4.53. The van der Waals surface area contributed by atoms with Crippen LogP contribution in [-0.4, -0.2) is 0 Å². The fourth-order valence-electron chi connectivity index (χ4n) is 2.40. The topological polar surface area (TPSA) is 0 Å². The molecule has 2 rings (SSSR count). The van der Waals surface area contributed by atoms with E-state index in [1.165, 1.54) is 32.1 Å². The van der Waals surface area contributed by atoms with Crippen LogP contribution >= 0.6 is 0 Å². The Bertz CT molecular complexity index is 284. The zero-order valence-electron chi connectivity index (χ0n) is 8.61. The van der Waals surface area contributed by atoms with Gasteiger partial charge in [-0.1, -0.05) is 46.0 Å². The maximum Gasteiger partial charge on any atom is 0 e. The van der Waals surface area contributed by atoms with Crippen molar-refractivity contribution in [1.82, 2.24) is 0 Å². The normalized spacial score (nSPS) is 14.9. The molecule has 0 unspecified atom stereocenters. The summed E-state index contributed by atoms with van der Waals surface area (Å²) in [5.74, 6) is 0. The molecule has 1 aromatic rings. The molecule has 0 heterocycles. The minimum absolute atomic E-state index is 0. The molecule has 0 fully saturated rings. The van der Waals surface area contributed by atoms with E-state index >= 15 is 0 Å². The third-order valence-corrected chi connectivity index (χ3v) is 3.17. The molecule has 0 radical (unpaired) electrons. The molecule has 0 atom stereocenters. The van der Waals surface area contributed by atoms with Gasteiger partial charge in [0.05, 0.1) is 0 Å². The fourth-order valence-corrected chi connectivity index (χ4v) is 2.40. The summed E-state index contributed by atoms with van der Waals surface area (Å²) in [5, 5.41) is 0. The van der Waals surface area contributed by atoms with E-state index in [4.69, 9.17) is 0 Å². The van der Waals surface area contributed by atoms with Gasteiger partial charge >= 0.3 is 0 Å². The van der Waals surface area contributed by atoms with Gasteiger partial charge in [0.2, 0.25) is 0 Å². The molecular formula is C12H17Ti-. The first-order chi connectivity index (χ1) is 5.83. The number of aryl methyl sites for hydroxylation is 2. The third kappa shape index (κ3) is 1.95. The van der Waals surface area contributed by atoms with Gasteiger partial charge in [0.1, 0.15) is 0 Å². The molecule has 1 aliphatic rings. The average molecular weight is 209 g/mol. The molecule has 70 valence electrons. The van der Waals surface area contributed by atoms with Gasteiger partial charge in [-0.3, -0.25) is 0 Å². The van der Waals surface area contributed by atoms with Crippen molar-refractivity contribution in [2.75, 3.05) is 0 Å². The molecule has 1 heteroatoms. The van der Waals surface area contributed by atoms with Crippen LogP contribution in [-0.2, 0) is 41.0 Å².